The van der Waals surface area contributed by atoms with Gasteiger partial charge in [-0.3, -0.25) is 4.79 Å². The van der Waals surface area contributed by atoms with E-state index in [9.17, 15) is 4.79 Å². The molecule has 2 aliphatic rings. The second kappa shape index (κ2) is 6.45. The van der Waals surface area contributed by atoms with Crippen molar-refractivity contribution >= 4 is 11.6 Å². The lowest BCUT2D eigenvalue weighted by Gasteiger charge is -2.35. The van der Waals surface area contributed by atoms with E-state index in [0.29, 0.717) is 0 Å². The van der Waals surface area contributed by atoms with Crippen LogP contribution in [0.3, 0.4) is 0 Å². The number of nitrogens with zero attached hydrogens (tertiary/aromatic N) is 3. The number of hydrogen-bond acceptors (Lipinski definition) is 4. The normalized spacial score (nSPS) is 20.6. The molecule has 0 spiro atoms. The molecule has 0 bridgehead atoms. The molecule has 114 valence electrons. The summed E-state index contributed by atoms with van der Waals surface area (Å²) in [6.45, 7) is 7.47. The van der Waals surface area contributed by atoms with Gasteiger partial charge >= 0.3 is 0 Å². The Hall–Kier alpha value is -1.59. The lowest BCUT2D eigenvalue weighted by molar-refractivity contribution is 0.0664. The maximum Gasteiger partial charge on any atom is 0.256 e. The standard InChI is InChI=1S/C16H24N4O/c1-18-10-12-20(13-11-18)16(21)14-4-2-3-5-15(14)19-8-6-17-7-9-19/h2-5,17H,6-13H2,1H3. The number of piperazine rings is 2. The van der Waals surface area contributed by atoms with E-state index in [2.05, 4.69) is 28.2 Å². The van der Waals surface area contributed by atoms with E-state index >= 15 is 0 Å². The summed E-state index contributed by atoms with van der Waals surface area (Å²) in [6.07, 6.45) is 0. The summed E-state index contributed by atoms with van der Waals surface area (Å²) >= 11 is 0. The molecule has 0 aliphatic carbocycles. The third-order valence-electron chi connectivity index (χ3n) is 4.38. The lowest BCUT2D eigenvalue weighted by atomic mass is 10.1. The van der Waals surface area contributed by atoms with Gasteiger partial charge in [-0.25, -0.2) is 0 Å². The van der Waals surface area contributed by atoms with Crippen molar-refractivity contribution in [2.45, 2.75) is 0 Å². The van der Waals surface area contributed by atoms with Crippen molar-refractivity contribution in [1.29, 1.82) is 0 Å². The zero-order valence-electron chi connectivity index (χ0n) is 12.7. The summed E-state index contributed by atoms with van der Waals surface area (Å²) in [5.74, 6) is 0.178. The number of nitrogens with one attached hydrogen (secondary N) is 1. The minimum absolute atomic E-state index is 0.178. The molecule has 3 rings (SSSR count). The van der Waals surface area contributed by atoms with E-state index < -0.39 is 0 Å². The van der Waals surface area contributed by atoms with Gasteiger partial charge in [-0.1, -0.05) is 12.1 Å². The van der Waals surface area contributed by atoms with Crippen LogP contribution in [0.2, 0.25) is 0 Å². The van der Waals surface area contributed by atoms with E-state index in [0.717, 1.165) is 63.6 Å². The van der Waals surface area contributed by atoms with Gasteiger partial charge in [0.25, 0.3) is 5.91 Å². The first kappa shape index (κ1) is 14.4. The van der Waals surface area contributed by atoms with Crippen LogP contribution in [0.5, 0.6) is 0 Å². The average Bonchev–Trinajstić information content (AvgIpc) is 2.56. The number of benzene rings is 1. The van der Waals surface area contributed by atoms with Crippen LogP contribution in [0.4, 0.5) is 5.69 Å². The van der Waals surface area contributed by atoms with Crippen LogP contribution in [0.25, 0.3) is 0 Å². The van der Waals surface area contributed by atoms with Gasteiger partial charge in [0, 0.05) is 58.0 Å². The van der Waals surface area contributed by atoms with E-state index in [-0.39, 0.29) is 5.91 Å². The van der Waals surface area contributed by atoms with Gasteiger partial charge < -0.3 is 20.0 Å². The topological polar surface area (TPSA) is 38.8 Å². The number of hydrogen-bond donors (Lipinski definition) is 1. The van der Waals surface area contributed by atoms with Crippen LogP contribution in [0.15, 0.2) is 24.3 Å². The fourth-order valence-electron chi connectivity index (χ4n) is 3.02. The molecule has 1 N–H and O–H groups in total. The molecule has 0 unspecified atom stereocenters. The van der Waals surface area contributed by atoms with Crippen LogP contribution in [-0.4, -0.2) is 75.1 Å². The van der Waals surface area contributed by atoms with Gasteiger partial charge in [-0.2, -0.15) is 0 Å². The Morgan fingerprint density at radius 2 is 1.67 bits per heavy atom. The summed E-state index contributed by atoms with van der Waals surface area (Å²) in [5.41, 5.74) is 1.94. The number of rotatable bonds is 2. The Kier molecular flexibility index (Phi) is 4.41. The highest BCUT2D eigenvalue weighted by Crippen LogP contribution is 2.22. The van der Waals surface area contributed by atoms with Crippen molar-refractivity contribution in [2.75, 3.05) is 64.3 Å². The molecule has 5 heteroatoms. The smallest absolute Gasteiger partial charge is 0.256 e. The summed E-state index contributed by atoms with van der Waals surface area (Å²) in [7, 11) is 2.11. The number of carbonyl (C=O) groups is 1. The van der Waals surface area contributed by atoms with E-state index in [1.807, 2.05) is 23.1 Å². The fraction of sp³-hybridized carbons (Fsp3) is 0.562. The SMILES string of the molecule is CN1CCN(C(=O)c2ccccc2N2CCNCC2)CC1. The number of amides is 1. The van der Waals surface area contributed by atoms with Gasteiger partial charge in [0.1, 0.15) is 0 Å². The number of para-hydroxylation sites is 1. The molecule has 1 aromatic carbocycles. The molecule has 2 aliphatic heterocycles. The molecule has 2 saturated heterocycles. The first-order valence-corrected chi connectivity index (χ1v) is 7.78. The summed E-state index contributed by atoms with van der Waals surface area (Å²) < 4.78 is 0. The fourth-order valence-corrected chi connectivity index (χ4v) is 3.02. The molecule has 0 saturated carbocycles. The minimum atomic E-state index is 0.178. The van der Waals surface area contributed by atoms with Crippen molar-refractivity contribution in [3.8, 4) is 0 Å². The zero-order valence-corrected chi connectivity index (χ0v) is 12.7. The highest BCUT2D eigenvalue weighted by Gasteiger charge is 2.24. The Morgan fingerprint density at radius 3 is 2.38 bits per heavy atom. The number of anilines is 1. The molecule has 5 nitrogen and oxygen atoms in total. The predicted octanol–water partition coefficient (Wildman–Crippen LogP) is 0.484. The van der Waals surface area contributed by atoms with Crippen LogP contribution in [0, 0.1) is 0 Å². The quantitative estimate of drug-likeness (QED) is 0.859. The molecular weight excluding hydrogens is 264 g/mol. The second-order valence-corrected chi connectivity index (χ2v) is 5.85. The van der Waals surface area contributed by atoms with Crippen molar-refractivity contribution in [1.82, 2.24) is 15.1 Å². The summed E-state index contributed by atoms with van der Waals surface area (Å²) in [4.78, 5) is 19.4. The van der Waals surface area contributed by atoms with Gasteiger partial charge in [-0.15, -0.1) is 0 Å². The van der Waals surface area contributed by atoms with E-state index in [1.54, 1.807) is 0 Å². The predicted molar refractivity (Wildman–Crippen MR) is 84.9 cm³/mol. The first-order valence-electron chi connectivity index (χ1n) is 7.78. The van der Waals surface area contributed by atoms with Gasteiger partial charge in [-0.05, 0) is 19.2 Å². The third-order valence-corrected chi connectivity index (χ3v) is 4.38. The minimum Gasteiger partial charge on any atom is -0.368 e. The molecule has 2 fully saturated rings. The molecule has 1 amide bonds. The molecule has 0 aromatic heterocycles. The monoisotopic (exact) mass is 288 g/mol. The van der Waals surface area contributed by atoms with E-state index in [4.69, 9.17) is 0 Å². The van der Waals surface area contributed by atoms with Crippen LogP contribution >= 0.6 is 0 Å². The number of likely N-dealkylation sites (N-methyl/N-ethyl adjacent to an activating group) is 1. The van der Waals surface area contributed by atoms with Crippen LogP contribution < -0.4 is 10.2 Å². The molecule has 1 aromatic rings. The molecule has 0 radical (unpaired) electrons. The van der Waals surface area contributed by atoms with Crippen molar-refractivity contribution in [3.05, 3.63) is 29.8 Å². The van der Waals surface area contributed by atoms with Gasteiger partial charge in [0.05, 0.1) is 5.56 Å². The highest BCUT2D eigenvalue weighted by molar-refractivity contribution is 6.00. The van der Waals surface area contributed by atoms with Gasteiger partial charge in [0.2, 0.25) is 0 Å². The van der Waals surface area contributed by atoms with Crippen LogP contribution in [-0.2, 0) is 0 Å². The first-order chi connectivity index (χ1) is 10.3. The van der Waals surface area contributed by atoms with Gasteiger partial charge in [0.15, 0.2) is 0 Å². The summed E-state index contributed by atoms with van der Waals surface area (Å²) in [5, 5.41) is 3.36. The highest BCUT2D eigenvalue weighted by atomic mass is 16.2. The van der Waals surface area contributed by atoms with Crippen molar-refractivity contribution < 1.29 is 4.79 Å². The zero-order chi connectivity index (χ0) is 14.7. The molecular formula is C16H24N4O. The second-order valence-electron chi connectivity index (χ2n) is 5.85. The van der Waals surface area contributed by atoms with E-state index in [1.165, 1.54) is 0 Å². The molecule has 21 heavy (non-hydrogen) atoms. The third kappa shape index (κ3) is 3.19. The number of carbonyl (C=O) groups excluding carboxylic acids is 1. The Labute approximate surface area is 126 Å². The molecule has 0 atom stereocenters. The van der Waals surface area contributed by atoms with Crippen molar-refractivity contribution in [3.63, 3.8) is 0 Å². The maximum atomic E-state index is 12.8. The average molecular weight is 288 g/mol. The Morgan fingerprint density at radius 1 is 1.00 bits per heavy atom. The largest absolute Gasteiger partial charge is 0.368 e. The molecule has 2 heterocycles. The van der Waals surface area contributed by atoms with Crippen LogP contribution in [0.1, 0.15) is 10.4 Å². The maximum absolute atomic E-state index is 12.8. The summed E-state index contributed by atoms with van der Waals surface area (Å²) in [6, 6.07) is 8.04. The Bertz CT molecular complexity index is 491. The lowest BCUT2D eigenvalue weighted by Crippen LogP contribution is -2.48. The van der Waals surface area contributed by atoms with Crippen molar-refractivity contribution in [2.24, 2.45) is 0 Å². The Balaban J connectivity index is 1.79.